The Bertz CT molecular complexity index is 1070. The van der Waals surface area contributed by atoms with Crippen molar-refractivity contribution in [3.63, 3.8) is 0 Å². The average molecular weight is 483 g/mol. The molecule has 0 spiro atoms. The molecular weight excluding hydrogens is 454 g/mol. The van der Waals surface area contributed by atoms with Gasteiger partial charge in [0.25, 0.3) is 0 Å². The third-order valence-corrected chi connectivity index (χ3v) is 6.46. The Balaban J connectivity index is 1.33. The summed E-state index contributed by atoms with van der Waals surface area (Å²) in [5.41, 5.74) is 0.115. The summed E-state index contributed by atoms with van der Waals surface area (Å²) in [4.78, 5) is 0. The zero-order valence-electron chi connectivity index (χ0n) is 19.4. The van der Waals surface area contributed by atoms with Gasteiger partial charge in [-0.2, -0.15) is 0 Å². The highest BCUT2D eigenvalue weighted by Gasteiger charge is 2.33. The number of benzene rings is 2. The second-order valence-corrected chi connectivity index (χ2v) is 9.00. The minimum absolute atomic E-state index is 0.231. The van der Waals surface area contributed by atoms with E-state index in [2.05, 4.69) is 24.1 Å². The van der Waals surface area contributed by atoms with Gasteiger partial charge in [-0.25, -0.2) is 8.78 Å². The average Bonchev–Trinajstić information content (AvgIpc) is 2.84. The van der Waals surface area contributed by atoms with Crippen LogP contribution in [0.1, 0.15) is 47.9 Å². The van der Waals surface area contributed by atoms with Gasteiger partial charge in [-0.3, -0.25) is 0 Å². The number of aliphatic hydroxyl groups is 2. The molecule has 2 heterocycles. The maximum atomic E-state index is 14.1. The molecular formula is C28H28F2O5. The Morgan fingerprint density at radius 3 is 1.49 bits per heavy atom. The molecule has 2 N–H and O–H groups in total. The Morgan fingerprint density at radius 2 is 1.09 bits per heavy atom. The van der Waals surface area contributed by atoms with E-state index >= 15 is 0 Å². The van der Waals surface area contributed by atoms with Gasteiger partial charge in [-0.15, -0.1) is 0 Å². The summed E-state index contributed by atoms with van der Waals surface area (Å²) < 4.78 is 43.8. The zero-order valence-corrected chi connectivity index (χ0v) is 19.4. The van der Waals surface area contributed by atoms with Gasteiger partial charge < -0.3 is 24.4 Å². The van der Waals surface area contributed by atoms with Gasteiger partial charge in [0.2, 0.25) is 0 Å². The van der Waals surface area contributed by atoms with Crippen LogP contribution in [0, 0.1) is 35.7 Å². The zero-order chi connectivity index (χ0) is 24.7. The molecule has 2 aromatic carbocycles. The highest BCUT2D eigenvalue weighted by Crippen LogP contribution is 2.34. The number of halogens is 2. The van der Waals surface area contributed by atoms with Crippen molar-refractivity contribution in [2.45, 2.75) is 49.7 Å². The van der Waals surface area contributed by atoms with Gasteiger partial charge in [0, 0.05) is 65.0 Å². The van der Waals surface area contributed by atoms with Crippen LogP contribution in [0.15, 0.2) is 36.4 Å². The third-order valence-electron chi connectivity index (χ3n) is 6.46. The summed E-state index contributed by atoms with van der Waals surface area (Å²) in [6, 6.07) is 8.96. The van der Waals surface area contributed by atoms with Crippen LogP contribution in [-0.4, -0.2) is 36.6 Å². The van der Waals surface area contributed by atoms with E-state index in [9.17, 15) is 19.0 Å². The molecule has 2 aliphatic rings. The summed E-state index contributed by atoms with van der Waals surface area (Å²) in [7, 11) is 0. The summed E-state index contributed by atoms with van der Waals surface area (Å²) in [6.07, 6.45) is 7.08. The van der Waals surface area contributed by atoms with Gasteiger partial charge in [0.05, 0.1) is 11.2 Å². The molecule has 35 heavy (non-hydrogen) atoms. The van der Waals surface area contributed by atoms with Crippen LogP contribution < -0.4 is 0 Å². The molecule has 4 rings (SSSR count). The fraction of sp³-hybridized carbons (Fsp3) is 0.429. The second kappa shape index (κ2) is 11.2. The smallest absolute Gasteiger partial charge is 0.130 e. The Labute approximate surface area is 204 Å². The van der Waals surface area contributed by atoms with Crippen molar-refractivity contribution in [1.29, 1.82) is 0 Å². The predicted molar refractivity (Wildman–Crippen MR) is 125 cm³/mol. The fourth-order valence-electron chi connectivity index (χ4n) is 4.41. The number of rotatable bonds is 4. The first kappa shape index (κ1) is 25.2. The Kier molecular flexibility index (Phi) is 8.05. The lowest BCUT2D eigenvalue weighted by Crippen LogP contribution is -2.33. The molecule has 2 fully saturated rings. The molecule has 7 heteroatoms. The molecule has 0 saturated carbocycles. The van der Waals surface area contributed by atoms with Crippen molar-refractivity contribution in [3.8, 4) is 24.1 Å². The highest BCUT2D eigenvalue weighted by molar-refractivity contribution is 5.33. The van der Waals surface area contributed by atoms with E-state index in [-0.39, 0.29) is 12.8 Å². The number of hydrogen-bond donors (Lipinski definition) is 2. The molecule has 5 nitrogen and oxygen atoms in total. The van der Waals surface area contributed by atoms with Crippen LogP contribution in [0.4, 0.5) is 8.78 Å². The molecule has 0 radical (unpaired) electrons. The second-order valence-electron chi connectivity index (χ2n) is 9.00. The third kappa shape index (κ3) is 6.60. The van der Waals surface area contributed by atoms with Crippen molar-refractivity contribution >= 4 is 0 Å². The van der Waals surface area contributed by atoms with Crippen LogP contribution in [0.2, 0.25) is 0 Å². The first-order valence-electron chi connectivity index (χ1n) is 11.7. The van der Waals surface area contributed by atoms with E-state index in [1.54, 1.807) is 12.1 Å². The molecule has 2 aliphatic heterocycles. The first-order valence-corrected chi connectivity index (χ1v) is 11.7. The topological polar surface area (TPSA) is 68.2 Å². The van der Waals surface area contributed by atoms with E-state index in [4.69, 9.17) is 14.2 Å². The maximum absolute atomic E-state index is 14.1. The number of hydrogen-bond acceptors (Lipinski definition) is 5. The molecule has 0 aliphatic carbocycles. The molecule has 2 saturated heterocycles. The molecule has 0 atom stereocenters. The van der Waals surface area contributed by atoms with Crippen LogP contribution in [-0.2, 0) is 38.3 Å². The summed E-state index contributed by atoms with van der Waals surface area (Å²) in [5, 5.41) is 21.6. The van der Waals surface area contributed by atoms with Crippen LogP contribution in [0.25, 0.3) is 0 Å². The lowest BCUT2D eigenvalue weighted by atomic mass is 9.85. The Hall–Kier alpha value is -2.94. The van der Waals surface area contributed by atoms with Gasteiger partial charge in [0.15, 0.2) is 0 Å². The quantitative estimate of drug-likeness (QED) is 0.651. The van der Waals surface area contributed by atoms with Gasteiger partial charge >= 0.3 is 0 Å². The van der Waals surface area contributed by atoms with Crippen LogP contribution >= 0.6 is 0 Å². The maximum Gasteiger partial charge on any atom is 0.130 e. The van der Waals surface area contributed by atoms with E-state index in [0.29, 0.717) is 74.4 Å². The van der Waals surface area contributed by atoms with Crippen molar-refractivity contribution in [1.82, 2.24) is 0 Å². The van der Waals surface area contributed by atoms with Crippen molar-refractivity contribution in [2.75, 3.05) is 26.4 Å². The van der Waals surface area contributed by atoms with Gasteiger partial charge in [0.1, 0.15) is 23.8 Å². The van der Waals surface area contributed by atoms with Gasteiger partial charge in [-0.1, -0.05) is 24.0 Å². The number of ether oxygens (including phenoxy) is 3. The lowest BCUT2D eigenvalue weighted by Gasteiger charge is -2.32. The fourth-order valence-corrected chi connectivity index (χ4v) is 4.41. The summed E-state index contributed by atoms with van der Waals surface area (Å²) in [6.45, 7) is 1.73. The van der Waals surface area contributed by atoms with Crippen molar-refractivity contribution in [2.24, 2.45) is 0 Å². The monoisotopic (exact) mass is 482 g/mol. The molecule has 0 amide bonds. The van der Waals surface area contributed by atoms with E-state index in [1.165, 1.54) is 24.3 Å². The lowest BCUT2D eigenvalue weighted by molar-refractivity contribution is -0.0684. The minimum atomic E-state index is -1.10. The van der Waals surface area contributed by atoms with Gasteiger partial charge in [-0.05, 0) is 46.5 Å². The molecule has 0 aromatic heterocycles. The first-order chi connectivity index (χ1) is 16.9. The van der Waals surface area contributed by atoms with Crippen LogP contribution in [0.3, 0.4) is 0 Å². The summed E-state index contributed by atoms with van der Waals surface area (Å²) >= 11 is 0. The van der Waals surface area contributed by atoms with Crippen molar-refractivity contribution < 1.29 is 33.2 Å². The highest BCUT2D eigenvalue weighted by atomic mass is 19.1. The molecule has 0 unspecified atom stereocenters. The Morgan fingerprint density at radius 1 is 0.686 bits per heavy atom. The largest absolute Gasteiger partial charge is 0.385 e. The molecule has 2 aromatic rings. The molecule has 0 bridgehead atoms. The van der Waals surface area contributed by atoms with Crippen molar-refractivity contribution in [3.05, 3.63) is 70.3 Å². The SMILES string of the molecule is OC1(c2cc(F)cc(CC#COC#CCc3cc(F)cc(C4(O)CCOCC4)c3)c2)CCOCC1. The van der Waals surface area contributed by atoms with E-state index in [0.717, 1.165) is 0 Å². The standard InChI is InChI=1S/C28H28F2O5/c29-25-17-21(15-23(19-25)27(31)5-11-34-12-6-27)3-1-9-33-10-2-4-22-16-24(20-26(30)18-22)28(32)7-13-35-14-8-28/h15-20,31-32H,3-8,11-14H2. The molecule has 184 valence electrons. The normalized spacial score (nSPS) is 18.5. The summed E-state index contributed by atoms with van der Waals surface area (Å²) in [5.74, 6) is 4.71. The minimum Gasteiger partial charge on any atom is -0.385 e. The van der Waals surface area contributed by atoms with E-state index < -0.39 is 22.8 Å². The van der Waals surface area contributed by atoms with E-state index in [1.807, 2.05) is 0 Å². The van der Waals surface area contributed by atoms with Crippen LogP contribution in [0.5, 0.6) is 0 Å². The predicted octanol–water partition coefficient (Wildman–Crippen LogP) is 3.68.